The molecular weight excluding hydrogens is 208 g/mol. The van der Waals surface area contributed by atoms with E-state index in [2.05, 4.69) is 54.6 Å². The molecule has 0 amide bonds. The second-order valence-corrected chi connectivity index (χ2v) is 5.43. The first-order valence-corrected chi connectivity index (χ1v) is 6.69. The van der Waals surface area contributed by atoms with E-state index in [4.69, 9.17) is 0 Å². The van der Waals surface area contributed by atoms with Crippen molar-refractivity contribution in [3.63, 3.8) is 0 Å². The van der Waals surface area contributed by atoms with E-state index in [1.54, 1.807) is 0 Å². The summed E-state index contributed by atoms with van der Waals surface area (Å²) < 4.78 is 0. The molecule has 0 saturated heterocycles. The smallest absolute Gasteiger partial charge is 0.0449 e. The highest BCUT2D eigenvalue weighted by atomic mass is 15.1. The van der Waals surface area contributed by atoms with Crippen molar-refractivity contribution >= 4 is 0 Å². The summed E-state index contributed by atoms with van der Waals surface area (Å²) in [4.78, 5) is 2.26. The molecule has 1 aromatic carbocycles. The zero-order chi connectivity index (χ0) is 12.1. The van der Waals surface area contributed by atoms with E-state index in [-0.39, 0.29) is 0 Å². The lowest BCUT2D eigenvalue weighted by Gasteiger charge is -2.29. The van der Waals surface area contributed by atoms with Gasteiger partial charge in [-0.25, -0.2) is 0 Å². The van der Waals surface area contributed by atoms with Gasteiger partial charge in [-0.05, 0) is 45.0 Å². The third-order valence-electron chi connectivity index (χ3n) is 3.63. The normalized spacial score (nSPS) is 18.1. The van der Waals surface area contributed by atoms with Crippen LogP contribution < -0.4 is 5.32 Å². The average molecular weight is 232 g/mol. The maximum absolute atomic E-state index is 3.73. The summed E-state index contributed by atoms with van der Waals surface area (Å²) in [5, 5.41) is 3.73. The first kappa shape index (κ1) is 12.6. The Morgan fingerprint density at radius 2 is 1.94 bits per heavy atom. The van der Waals surface area contributed by atoms with Crippen LogP contribution in [0.15, 0.2) is 30.3 Å². The van der Waals surface area contributed by atoms with Gasteiger partial charge in [-0.3, -0.25) is 0 Å². The van der Waals surface area contributed by atoms with Gasteiger partial charge in [0.15, 0.2) is 0 Å². The third-order valence-corrected chi connectivity index (χ3v) is 3.63. The first-order chi connectivity index (χ1) is 8.25. The molecule has 0 radical (unpaired) electrons. The zero-order valence-electron chi connectivity index (χ0n) is 11.0. The van der Waals surface area contributed by atoms with Gasteiger partial charge in [-0.2, -0.15) is 0 Å². The van der Waals surface area contributed by atoms with Gasteiger partial charge < -0.3 is 10.2 Å². The highest BCUT2D eigenvalue weighted by molar-refractivity contribution is 5.19. The molecule has 17 heavy (non-hydrogen) atoms. The van der Waals surface area contributed by atoms with Gasteiger partial charge in [0.25, 0.3) is 0 Å². The van der Waals surface area contributed by atoms with Gasteiger partial charge in [0, 0.05) is 12.6 Å². The molecule has 0 heterocycles. The number of benzene rings is 1. The Balaban J connectivity index is 1.92. The van der Waals surface area contributed by atoms with Crippen LogP contribution in [0.5, 0.6) is 0 Å². The number of nitrogens with zero attached hydrogens (tertiary/aromatic N) is 1. The summed E-state index contributed by atoms with van der Waals surface area (Å²) in [7, 11) is 4.28. The quantitative estimate of drug-likeness (QED) is 0.811. The Morgan fingerprint density at radius 1 is 1.24 bits per heavy atom. The van der Waals surface area contributed by atoms with E-state index in [1.165, 1.54) is 31.4 Å². The lowest BCUT2D eigenvalue weighted by Crippen LogP contribution is -2.35. The second-order valence-electron chi connectivity index (χ2n) is 5.43. The molecule has 94 valence electrons. The molecule has 0 bridgehead atoms. The van der Waals surface area contributed by atoms with Crippen molar-refractivity contribution in [3.8, 4) is 0 Å². The van der Waals surface area contributed by atoms with Crippen LogP contribution in [0.4, 0.5) is 0 Å². The molecular formula is C15H24N2. The van der Waals surface area contributed by atoms with E-state index in [0.717, 1.165) is 12.5 Å². The van der Waals surface area contributed by atoms with Crippen molar-refractivity contribution in [1.29, 1.82) is 0 Å². The summed E-state index contributed by atoms with van der Waals surface area (Å²) in [5.74, 6) is 0.920. The van der Waals surface area contributed by atoms with Crippen LogP contribution in [-0.2, 0) is 0 Å². The average Bonchev–Trinajstić information content (AvgIpc) is 2.26. The SMILES string of the molecule is CN(C)CC(NCC1CCC1)c1ccccc1. The predicted octanol–water partition coefficient (Wildman–Crippen LogP) is 2.68. The Labute approximate surface area is 105 Å². The maximum atomic E-state index is 3.73. The molecule has 1 saturated carbocycles. The molecule has 1 aromatic rings. The summed E-state index contributed by atoms with van der Waals surface area (Å²) >= 11 is 0. The number of hydrogen-bond acceptors (Lipinski definition) is 2. The van der Waals surface area contributed by atoms with Crippen molar-refractivity contribution in [2.75, 3.05) is 27.2 Å². The topological polar surface area (TPSA) is 15.3 Å². The molecule has 2 heteroatoms. The molecule has 2 rings (SSSR count). The molecule has 1 aliphatic carbocycles. The van der Waals surface area contributed by atoms with Gasteiger partial charge in [0.1, 0.15) is 0 Å². The molecule has 0 spiro atoms. The Bertz CT molecular complexity index is 317. The van der Waals surface area contributed by atoms with Gasteiger partial charge in [-0.15, -0.1) is 0 Å². The van der Waals surface area contributed by atoms with Crippen LogP contribution in [0.25, 0.3) is 0 Å². The van der Waals surface area contributed by atoms with Crippen LogP contribution in [0.1, 0.15) is 30.9 Å². The summed E-state index contributed by atoms with van der Waals surface area (Å²) in [6.45, 7) is 2.24. The molecule has 1 fully saturated rings. The lowest BCUT2D eigenvalue weighted by molar-refractivity contribution is 0.269. The number of likely N-dealkylation sites (N-methyl/N-ethyl adjacent to an activating group) is 1. The van der Waals surface area contributed by atoms with Gasteiger partial charge in [0.05, 0.1) is 0 Å². The summed E-state index contributed by atoms with van der Waals surface area (Å²) in [5.41, 5.74) is 1.40. The largest absolute Gasteiger partial charge is 0.309 e. The minimum absolute atomic E-state index is 0.465. The van der Waals surface area contributed by atoms with Gasteiger partial charge in [-0.1, -0.05) is 36.8 Å². The summed E-state index contributed by atoms with van der Waals surface area (Å²) in [6.07, 6.45) is 4.25. The highest BCUT2D eigenvalue weighted by Crippen LogP contribution is 2.26. The van der Waals surface area contributed by atoms with Crippen LogP contribution in [0, 0.1) is 5.92 Å². The monoisotopic (exact) mass is 232 g/mol. The van der Waals surface area contributed by atoms with Gasteiger partial charge >= 0.3 is 0 Å². The van der Waals surface area contributed by atoms with Crippen LogP contribution in [0.3, 0.4) is 0 Å². The van der Waals surface area contributed by atoms with Crippen LogP contribution in [-0.4, -0.2) is 32.1 Å². The van der Waals surface area contributed by atoms with Crippen molar-refractivity contribution in [2.24, 2.45) is 5.92 Å². The minimum Gasteiger partial charge on any atom is -0.309 e. The van der Waals surface area contributed by atoms with Crippen molar-refractivity contribution < 1.29 is 0 Å². The minimum atomic E-state index is 0.465. The van der Waals surface area contributed by atoms with E-state index in [1.807, 2.05) is 0 Å². The second kappa shape index (κ2) is 6.18. The molecule has 1 unspecified atom stereocenters. The lowest BCUT2D eigenvalue weighted by atomic mass is 9.85. The Hall–Kier alpha value is -0.860. The molecule has 2 nitrogen and oxygen atoms in total. The van der Waals surface area contributed by atoms with Crippen LogP contribution in [0.2, 0.25) is 0 Å². The molecule has 1 atom stereocenters. The fourth-order valence-electron chi connectivity index (χ4n) is 2.34. The van der Waals surface area contributed by atoms with E-state index in [0.29, 0.717) is 6.04 Å². The van der Waals surface area contributed by atoms with E-state index in [9.17, 15) is 0 Å². The van der Waals surface area contributed by atoms with Crippen molar-refractivity contribution in [3.05, 3.63) is 35.9 Å². The van der Waals surface area contributed by atoms with E-state index < -0.39 is 0 Å². The number of rotatable bonds is 6. The molecule has 1 aliphatic rings. The molecule has 0 aromatic heterocycles. The molecule has 1 N–H and O–H groups in total. The number of nitrogens with one attached hydrogen (secondary N) is 1. The zero-order valence-corrected chi connectivity index (χ0v) is 11.0. The van der Waals surface area contributed by atoms with Crippen molar-refractivity contribution in [1.82, 2.24) is 10.2 Å². The summed E-state index contributed by atoms with van der Waals surface area (Å²) in [6, 6.07) is 11.3. The predicted molar refractivity (Wildman–Crippen MR) is 73.1 cm³/mol. The number of hydrogen-bond donors (Lipinski definition) is 1. The Morgan fingerprint density at radius 3 is 2.47 bits per heavy atom. The van der Waals surface area contributed by atoms with Crippen molar-refractivity contribution in [2.45, 2.75) is 25.3 Å². The first-order valence-electron chi connectivity index (χ1n) is 6.69. The third kappa shape index (κ3) is 3.83. The fraction of sp³-hybridized carbons (Fsp3) is 0.600. The standard InChI is InChI=1S/C15H24N2/c1-17(2)12-15(14-9-4-3-5-10-14)16-11-13-7-6-8-13/h3-5,9-10,13,15-16H,6-8,11-12H2,1-2H3. The fourth-order valence-corrected chi connectivity index (χ4v) is 2.34. The molecule has 0 aliphatic heterocycles. The van der Waals surface area contributed by atoms with Gasteiger partial charge in [0.2, 0.25) is 0 Å². The Kier molecular flexibility index (Phi) is 4.57. The van der Waals surface area contributed by atoms with Crippen LogP contribution >= 0.6 is 0 Å². The maximum Gasteiger partial charge on any atom is 0.0449 e. The van der Waals surface area contributed by atoms with E-state index >= 15 is 0 Å². The highest BCUT2D eigenvalue weighted by Gasteiger charge is 2.19.